The van der Waals surface area contributed by atoms with E-state index in [9.17, 15) is 21.6 Å². The molecule has 2 heterocycles. The molecule has 2 aromatic rings. The third-order valence-corrected chi connectivity index (χ3v) is 9.99. The van der Waals surface area contributed by atoms with Gasteiger partial charge in [-0.1, -0.05) is 24.3 Å². The number of hydrogen-bond donors (Lipinski definition) is 3. The highest BCUT2D eigenvalue weighted by molar-refractivity contribution is 7.94. The molecule has 13 nitrogen and oxygen atoms in total. The van der Waals surface area contributed by atoms with Gasteiger partial charge in [-0.15, -0.1) is 11.3 Å². The van der Waals surface area contributed by atoms with E-state index >= 15 is 0 Å². The number of hydrogen-bond acceptors (Lipinski definition) is 11. The number of thiophene rings is 1. The van der Waals surface area contributed by atoms with Gasteiger partial charge in [0.25, 0.3) is 10.0 Å². The van der Waals surface area contributed by atoms with Gasteiger partial charge in [0.1, 0.15) is 15.0 Å². The number of carbonyl (C=O) groups excluding carboxylic acids is 1. The molecule has 0 aliphatic carbocycles. The minimum atomic E-state index is -4.14. The van der Waals surface area contributed by atoms with Crippen LogP contribution in [0.1, 0.15) is 29.7 Å². The predicted octanol–water partition coefficient (Wildman–Crippen LogP) is 1.24. The Kier molecular flexibility index (Phi) is 7.96. The lowest BCUT2D eigenvalue weighted by Gasteiger charge is -2.36. The van der Waals surface area contributed by atoms with Crippen LogP contribution in [0.2, 0.25) is 0 Å². The molecule has 0 radical (unpaired) electrons. The average Bonchev–Trinajstić information content (AvgIpc) is 3.23. The fourth-order valence-electron chi connectivity index (χ4n) is 3.43. The summed E-state index contributed by atoms with van der Waals surface area (Å²) in [6, 6.07) is 7.09. The molecule has 34 heavy (non-hydrogen) atoms. The van der Waals surface area contributed by atoms with Crippen molar-refractivity contribution in [2.45, 2.75) is 34.6 Å². The van der Waals surface area contributed by atoms with Gasteiger partial charge in [-0.2, -0.15) is 4.31 Å². The monoisotopic (exact) mass is 536 g/mol. The number of nitrogens with two attached hydrogens (primary N) is 1. The Morgan fingerprint density at radius 3 is 2.50 bits per heavy atom. The van der Waals surface area contributed by atoms with Gasteiger partial charge in [0.2, 0.25) is 10.0 Å². The first-order valence-electron chi connectivity index (χ1n) is 9.79. The van der Waals surface area contributed by atoms with E-state index in [1.165, 1.54) is 18.0 Å². The average molecular weight is 537 g/mol. The van der Waals surface area contributed by atoms with Gasteiger partial charge in [0, 0.05) is 25.7 Å². The molecular weight excluding hydrogens is 512 g/mol. The number of sulfonamides is 2. The first-order chi connectivity index (χ1) is 15.8. The van der Waals surface area contributed by atoms with Gasteiger partial charge >= 0.3 is 6.09 Å². The molecule has 0 saturated carbocycles. The Balaban J connectivity index is 1.82. The van der Waals surface area contributed by atoms with Crippen LogP contribution in [0.4, 0.5) is 4.79 Å². The zero-order valence-corrected chi connectivity index (χ0v) is 20.6. The zero-order chi connectivity index (χ0) is 25.3. The lowest BCUT2D eigenvalue weighted by Crippen LogP contribution is -2.45. The summed E-state index contributed by atoms with van der Waals surface area (Å²) < 4.78 is 55.1. The number of ether oxygens (including phenoxy) is 1. The maximum absolute atomic E-state index is 12.9. The number of likely N-dealkylation sites (N-methyl/N-ethyl adjacent to an activating group) is 2. The molecule has 1 aliphatic heterocycles. The van der Waals surface area contributed by atoms with Gasteiger partial charge in [-0.05, 0) is 24.1 Å². The van der Waals surface area contributed by atoms with Crippen LogP contribution in [-0.4, -0.2) is 68.1 Å². The van der Waals surface area contributed by atoms with E-state index in [2.05, 4.69) is 4.84 Å². The number of primary sulfonamides is 1. The fraction of sp³-hybridized carbons (Fsp3) is 0.389. The molecule has 0 bridgehead atoms. The number of amides is 1. The van der Waals surface area contributed by atoms with E-state index in [0.29, 0.717) is 22.5 Å². The standard InChI is InChI=1S/C18H24N4O9S3/c1-3-21(18(23)30-10-12-5-4-6-13(7-12)11-31-22(24)25)15-9-20(2)34(28,29)17-14(15)8-16(32-17)33(19,26)27/h4-8,15,24-25H,3,9-11H2,1-2H3,(H2,19,26,27)/t15-/m0/s1. The van der Waals surface area contributed by atoms with Gasteiger partial charge in [0.05, 0.1) is 18.0 Å². The number of fused-ring (bicyclic) bond motifs is 1. The van der Waals surface area contributed by atoms with E-state index in [-0.39, 0.29) is 40.3 Å². The summed E-state index contributed by atoms with van der Waals surface area (Å²) in [6.07, 6.45) is -0.729. The molecule has 4 N–H and O–H groups in total. The number of carbonyl (C=O) groups is 1. The molecule has 0 spiro atoms. The maximum atomic E-state index is 12.9. The molecule has 0 fully saturated rings. The summed E-state index contributed by atoms with van der Waals surface area (Å²) in [5.41, 5.74) is 1.36. The van der Waals surface area contributed by atoms with Gasteiger partial charge in [-0.3, -0.25) is 10.4 Å². The summed E-state index contributed by atoms with van der Waals surface area (Å²) >= 11 is 0.542. The van der Waals surface area contributed by atoms with E-state index < -0.39 is 37.6 Å². The van der Waals surface area contributed by atoms with Crippen LogP contribution in [0, 0.1) is 0 Å². The molecule has 3 rings (SSSR count). The normalized spacial score (nSPS) is 18.0. The van der Waals surface area contributed by atoms with Crippen molar-refractivity contribution < 1.29 is 41.6 Å². The molecule has 1 aromatic carbocycles. The molecule has 1 amide bonds. The Bertz CT molecular complexity index is 1260. The van der Waals surface area contributed by atoms with E-state index in [1.807, 2.05) is 0 Å². The second-order valence-electron chi connectivity index (χ2n) is 7.34. The predicted molar refractivity (Wildman–Crippen MR) is 117 cm³/mol. The van der Waals surface area contributed by atoms with Gasteiger partial charge in [0.15, 0.2) is 0 Å². The van der Waals surface area contributed by atoms with Crippen molar-refractivity contribution in [2.24, 2.45) is 5.14 Å². The van der Waals surface area contributed by atoms with Crippen molar-refractivity contribution in [2.75, 3.05) is 20.1 Å². The first kappa shape index (κ1) is 26.5. The smallest absolute Gasteiger partial charge is 0.410 e. The number of rotatable bonds is 8. The third kappa shape index (κ3) is 5.73. The Labute approximate surface area is 200 Å². The van der Waals surface area contributed by atoms with Crippen LogP contribution in [0.5, 0.6) is 0 Å². The van der Waals surface area contributed by atoms with Crippen molar-refractivity contribution in [1.29, 1.82) is 0 Å². The summed E-state index contributed by atoms with van der Waals surface area (Å²) in [5.74, 6) is 0. The Hall–Kier alpha value is -2.15. The van der Waals surface area contributed by atoms with Gasteiger partial charge < -0.3 is 9.64 Å². The van der Waals surface area contributed by atoms with E-state index in [0.717, 1.165) is 4.31 Å². The third-order valence-electron chi connectivity index (χ3n) is 5.07. The second-order valence-corrected chi connectivity index (χ2v) is 12.4. The lowest BCUT2D eigenvalue weighted by molar-refractivity contribution is -0.497. The molecule has 1 aliphatic rings. The molecule has 16 heteroatoms. The van der Waals surface area contributed by atoms with Crippen molar-refractivity contribution >= 4 is 37.5 Å². The van der Waals surface area contributed by atoms with Crippen LogP contribution in [0.25, 0.3) is 0 Å². The highest BCUT2D eigenvalue weighted by Gasteiger charge is 2.41. The molecule has 1 atom stereocenters. The molecule has 188 valence electrons. The molecular formula is C18H24N4O9S3. The second kappa shape index (κ2) is 10.2. The number of nitrogens with zero attached hydrogens (tertiary/aromatic N) is 3. The van der Waals surface area contributed by atoms with E-state index in [1.54, 1.807) is 31.2 Å². The van der Waals surface area contributed by atoms with Crippen LogP contribution >= 0.6 is 11.3 Å². The minimum absolute atomic E-state index is 0.0926. The van der Waals surface area contributed by atoms with Crippen LogP contribution in [-0.2, 0) is 42.8 Å². The fourth-order valence-corrected chi connectivity index (χ4v) is 7.47. The summed E-state index contributed by atoms with van der Waals surface area (Å²) in [4.78, 5) is 18.8. The SMILES string of the molecule is CCN(C(=O)OCc1cccc(CON(O)O)c1)[C@H]1CN(C)S(=O)(=O)c2sc(S(N)(=O)=O)cc21. The zero-order valence-electron chi connectivity index (χ0n) is 18.2. The maximum Gasteiger partial charge on any atom is 0.410 e. The van der Waals surface area contributed by atoms with Crippen LogP contribution in [0.15, 0.2) is 38.8 Å². The quantitative estimate of drug-likeness (QED) is 0.415. The topological polar surface area (TPSA) is 180 Å². The molecule has 0 saturated heterocycles. The van der Waals surface area contributed by atoms with Crippen LogP contribution in [0.3, 0.4) is 0 Å². The van der Waals surface area contributed by atoms with Crippen molar-refractivity contribution in [1.82, 2.24) is 14.6 Å². The Morgan fingerprint density at radius 1 is 1.26 bits per heavy atom. The minimum Gasteiger partial charge on any atom is -0.445 e. The van der Waals surface area contributed by atoms with Crippen LogP contribution < -0.4 is 5.14 Å². The highest BCUT2D eigenvalue weighted by atomic mass is 32.3. The lowest BCUT2D eigenvalue weighted by atomic mass is 10.1. The van der Waals surface area contributed by atoms with Crippen molar-refractivity contribution in [3.8, 4) is 0 Å². The summed E-state index contributed by atoms with van der Waals surface area (Å²) in [7, 11) is -6.73. The van der Waals surface area contributed by atoms with Crippen molar-refractivity contribution in [3.63, 3.8) is 0 Å². The largest absolute Gasteiger partial charge is 0.445 e. The Morgan fingerprint density at radius 2 is 1.91 bits per heavy atom. The molecule has 0 unspecified atom stereocenters. The summed E-state index contributed by atoms with van der Waals surface area (Å²) in [6.45, 7) is 1.50. The van der Waals surface area contributed by atoms with Crippen molar-refractivity contribution in [3.05, 3.63) is 47.0 Å². The van der Waals surface area contributed by atoms with E-state index in [4.69, 9.17) is 20.3 Å². The highest BCUT2D eigenvalue weighted by Crippen LogP contribution is 2.41. The summed E-state index contributed by atoms with van der Waals surface area (Å²) in [5, 5.41) is 22.1. The molecule has 1 aromatic heterocycles. The first-order valence-corrected chi connectivity index (χ1v) is 13.6. The number of benzene rings is 1. The van der Waals surface area contributed by atoms with Gasteiger partial charge in [-0.25, -0.2) is 31.6 Å².